The Kier molecular flexibility index (Phi) is 2.58. The van der Waals surface area contributed by atoms with Crippen molar-refractivity contribution in [2.24, 2.45) is 0 Å². The Hall–Kier alpha value is 0.229. The van der Waals surface area contributed by atoms with Crippen molar-refractivity contribution < 1.29 is 10.0 Å². The second kappa shape index (κ2) is 2.47. The average Bonchev–Trinajstić information content (AvgIpc) is 1.38. The zero-order valence-electron chi connectivity index (χ0n) is 2.36. The summed E-state index contributed by atoms with van der Waals surface area (Å²) in [5.74, 6) is 0. The van der Waals surface area contributed by atoms with E-state index < -0.39 is 0 Å². The Morgan fingerprint density at radius 2 is 2.20 bits per heavy atom. The number of amides is 1. The van der Waals surface area contributed by atoms with Crippen molar-refractivity contribution in [3.05, 3.63) is 0 Å². The van der Waals surface area contributed by atoms with E-state index in [1.165, 1.54) is 5.48 Å². The summed E-state index contributed by atoms with van der Waals surface area (Å²) in [6.07, 6.45) is 0. The van der Waals surface area contributed by atoms with Gasteiger partial charge in [-0.15, -0.1) is 0 Å². The summed E-state index contributed by atoms with van der Waals surface area (Å²) in [4.78, 5) is 9.49. The molecule has 0 spiro atoms. The van der Waals surface area contributed by atoms with Crippen molar-refractivity contribution in [1.29, 1.82) is 0 Å². The SMILES string of the molecule is O=[C]([Sn])NO. The molecule has 0 aromatic heterocycles. The molecule has 0 heterocycles. The first kappa shape index (κ1) is 5.23. The van der Waals surface area contributed by atoms with Gasteiger partial charge in [0.1, 0.15) is 0 Å². The van der Waals surface area contributed by atoms with Crippen molar-refractivity contribution in [1.82, 2.24) is 5.48 Å². The van der Waals surface area contributed by atoms with Gasteiger partial charge >= 0.3 is 41.9 Å². The van der Waals surface area contributed by atoms with Gasteiger partial charge in [0, 0.05) is 0 Å². The van der Waals surface area contributed by atoms with Gasteiger partial charge in [-0.2, -0.15) is 0 Å². The van der Waals surface area contributed by atoms with Gasteiger partial charge in [-0.05, 0) is 0 Å². The zero-order chi connectivity index (χ0) is 4.28. The molecule has 0 aromatic rings. The van der Waals surface area contributed by atoms with Crippen LogP contribution in [0.2, 0.25) is 0 Å². The summed E-state index contributed by atoms with van der Waals surface area (Å²) >= 11 is 0.670. The third kappa shape index (κ3) is 4.23. The number of carbonyl (C=O) groups is 1. The predicted molar refractivity (Wildman–Crippen MR) is 16.1 cm³/mol. The summed E-state index contributed by atoms with van der Waals surface area (Å²) in [6.45, 7) is 0. The molecular formula is CH2NO2Sn. The fourth-order valence-electron chi connectivity index (χ4n) is 0. The van der Waals surface area contributed by atoms with Crippen LogP contribution in [-0.4, -0.2) is 31.7 Å². The fraction of sp³-hybridized carbons (Fsp3) is 0. The van der Waals surface area contributed by atoms with Crippen LogP contribution in [-0.2, 0) is 0 Å². The van der Waals surface area contributed by atoms with E-state index in [-0.39, 0.29) is 3.92 Å². The van der Waals surface area contributed by atoms with E-state index in [0.29, 0.717) is 22.5 Å². The van der Waals surface area contributed by atoms with Crippen molar-refractivity contribution in [3.63, 3.8) is 0 Å². The molecule has 0 saturated carbocycles. The van der Waals surface area contributed by atoms with E-state index in [1.807, 2.05) is 0 Å². The standard InChI is InChI=1S/CH2NO2.Sn/c3-1-2-4;/h4H,(H,2,3);. The molecule has 0 unspecified atom stereocenters. The van der Waals surface area contributed by atoms with Crippen molar-refractivity contribution in [2.45, 2.75) is 0 Å². The van der Waals surface area contributed by atoms with Crippen LogP contribution < -0.4 is 5.48 Å². The third-order valence-corrected chi connectivity index (χ3v) is 0.421. The summed E-state index contributed by atoms with van der Waals surface area (Å²) < 4.78 is -0.350. The zero-order valence-corrected chi connectivity index (χ0v) is 5.21. The Balaban J connectivity index is 2.85. The molecule has 5 heavy (non-hydrogen) atoms. The number of nitrogens with one attached hydrogen (secondary N) is 1. The molecule has 2 N–H and O–H groups in total. The van der Waals surface area contributed by atoms with E-state index >= 15 is 0 Å². The Morgan fingerprint density at radius 3 is 2.20 bits per heavy atom. The quantitative estimate of drug-likeness (QED) is 0.292. The molecule has 3 nitrogen and oxygen atoms in total. The van der Waals surface area contributed by atoms with Crippen LogP contribution in [0.4, 0.5) is 4.79 Å². The van der Waals surface area contributed by atoms with Crippen LogP contribution >= 0.6 is 0 Å². The van der Waals surface area contributed by atoms with Crippen molar-refractivity contribution in [3.8, 4) is 0 Å². The molecule has 0 saturated heterocycles. The summed E-state index contributed by atoms with van der Waals surface area (Å²) in [5, 5.41) is 7.57. The number of rotatable bonds is 0. The predicted octanol–water partition coefficient (Wildman–Crippen LogP) is -0.746. The Labute approximate surface area is 42.4 Å². The number of carbonyl (C=O) groups excluding carboxylic acids is 1. The Bertz CT molecular complexity index is 44.9. The normalized spacial score (nSPS) is 6.80. The molecule has 0 rings (SSSR count). The molecule has 27 valence electrons. The summed E-state index contributed by atoms with van der Waals surface area (Å²) in [5.41, 5.74) is 1.43. The van der Waals surface area contributed by atoms with Gasteiger partial charge in [0.2, 0.25) is 0 Å². The van der Waals surface area contributed by atoms with Gasteiger partial charge in [-0.25, -0.2) is 0 Å². The van der Waals surface area contributed by atoms with Gasteiger partial charge in [-0.1, -0.05) is 0 Å². The molecule has 0 aliphatic carbocycles. The van der Waals surface area contributed by atoms with Gasteiger partial charge in [0.25, 0.3) is 0 Å². The maximum absolute atomic E-state index is 9.49. The molecule has 0 aliphatic rings. The molecule has 0 fully saturated rings. The molecule has 0 bridgehead atoms. The molecule has 0 aromatic carbocycles. The van der Waals surface area contributed by atoms with Crippen LogP contribution in [0.3, 0.4) is 0 Å². The first-order valence-electron chi connectivity index (χ1n) is 0.928. The minimum absolute atomic E-state index is 0.350. The van der Waals surface area contributed by atoms with Crippen molar-refractivity contribution in [2.75, 3.05) is 0 Å². The minimum atomic E-state index is -0.350. The number of hydroxylamine groups is 1. The molecule has 1 amide bonds. The first-order valence-corrected chi connectivity index (χ1v) is 2.35. The van der Waals surface area contributed by atoms with Crippen LogP contribution in [0.25, 0.3) is 0 Å². The van der Waals surface area contributed by atoms with E-state index in [4.69, 9.17) is 5.21 Å². The third-order valence-electron chi connectivity index (χ3n) is 0.102. The summed E-state index contributed by atoms with van der Waals surface area (Å²) in [6, 6.07) is 0. The summed E-state index contributed by atoms with van der Waals surface area (Å²) in [7, 11) is 0. The van der Waals surface area contributed by atoms with E-state index in [0.717, 1.165) is 0 Å². The molecule has 4 heteroatoms. The van der Waals surface area contributed by atoms with Crippen LogP contribution in [0.15, 0.2) is 0 Å². The van der Waals surface area contributed by atoms with E-state index in [2.05, 4.69) is 0 Å². The van der Waals surface area contributed by atoms with Gasteiger partial charge in [0.15, 0.2) is 0 Å². The monoisotopic (exact) mass is 180 g/mol. The Morgan fingerprint density at radius 1 is 2.00 bits per heavy atom. The van der Waals surface area contributed by atoms with Crippen LogP contribution in [0.5, 0.6) is 0 Å². The number of hydrogen-bond donors (Lipinski definition) is 2. The average molecular weight is 179 g/mol. The molecular weight excluding hydrogens is 177 g/mol. The van der Waals surface area contributed by atoms with Gasteiger partial charge in [-0.3, -0.25) is 0 Å². The van der Waals surface area contributed by atoms with E-state index in [9.17, 15) is 4.79 Å². The van der Waals surface area contributed by atoms with Crippen LogP contribution in [0, 0.1) is 0 Å². The molecule has 0 atom stereocenters. The van der Waals surface area contributed by atoms with E-state index in [1.54, 1.807) is 0 Å². The van der Waals surface area contributed by atoms with Gasteiger partial charge < -0.3 is 0 Å². The number of hydrogen-bond acceptors (Lipinski definition) is 2. The van der Waals surface area contributed by atoms with Crippen LogP contribution in [0.1, 0.15) is 0 Å². The van der Waals surface area contributed by atoms with Gasteiger partial charge in [0.05, 0.1) is 0 Å². The molecule has 3 radical (unpaired) electrons. The second-order valence-corrected chi connectivity index (χ2v) is 1.74. The topological polar surface area (TPSA) is 49.3 Å². The second-order valence-electron chi connectivity index (χ2n) is 0.441. The maximum atomic E-state index is 9.49. The molecule has 0 aliphatic heterocycles. The van der Waals surface area contributed by atoms with Crippen molar-refractivity contribution >= 4 is 26.4 Å². The fourth-order valence-corrected chi connectivity index (χ4v) is 0. The first-order chi connectivity index (χ1) is 2.27.